The van der Waals surface area contributed by atoms with Crippen LogP contribution in [0.15, 0.2) is 30.5 Å². The molecule has 0 saturated carbocycles. The molecule has 0 radical (unpaired) electrons. The quantitative estimate of drug-likeness (QED) is 0.763. The van der Waals surface area contributed by atoms with Crippen molar-refractivity contribution < 1.29 is 9.90 Å². The minimum atomic E-state index is -0.788. The highest BCUT2D eigenvalue weighted by Crippen LogP contribution is 2.23. The molecule has 6 heteroatoms. The van der Waals surface area contributed by atoms with E-state index in [0.29, 0.717) is 25.1 Å². The van der Waals surface area contributed by atoms with Crippen molar-refractivity contribution in [2.75, 3.05) is 6.54 Å². The summed E-state index contributed by atoms with van der Waals surface area (Å²) in [5.74, 6) is -0.788. The second kappa shape index (κ2) is 7.28. The zero-order valence-electron chi connectivity index (χ0n) is 14.2. The minimum absolute atomic E-state index is 0.550. The molecule has 0 fully saturated rings. The van der Waals surface area contributed by atoms with Crippen molar-refractivity contribution in [2.45, 2.75) is 26.8 Å². The molecule has 0 bridgehead atoms. The molecule has 1 heterocycles. The number of aryl methyl sites for hydroxylation is 1. The van der Waals surface area contributed by atoms with E-state index in [4.69, 9.17) is 10.4 Å². The summed E-state index contributed by atoms with van der Waals surface area (Å²) in [4.78, 5) is 11.1. The van der Waals surface area contributed by atoms with E-state index in [-0.39, 0.29) is 0 Å². The number of aromatic nitrogens is 2. The lowest BCUT2D eigenvalue weighted by molar-refractivity contribution is -0.147. The number of hydrogen-bond donors (Lipinski definition) is 2. The Morgan fingerprint density at radius 1 is 1.38 bits per heavy atom. The lowest BCUT2D eigenvalue weighted by Crippen LogP contribution is -2.28. The number of nitriles is 1. The third-order valence-corrected chi connectivity index (χ3v) is 4.01. The number of benzene rings is 1. The maximum absolute atomic E-state index is 11.1. The second-order valence-electron chi connectivity index (χ2n) is 6.48. The number of carboxylic acid groups (broad SMARTS) is 1. The summed E-state index contributed by atoms with van der Waals surface area (Å²) < 4.78 is 1.76. The maximum atomic E-state index is 11.1. The van der Waals surface area contributed by atoms with Gasteiger partial charge in [-0.15, -0.1) is 0 Å². The van der Waals surface area contributed by atoms with Gasteiger partial charge in [-0.05, 0) is 38.9 Å². The Labute approximate surface area is 141 Å². The highest BCUT2D eigenvalue weighted by Gasteiger charge is 2.26. The van der Waals surface area contributed by atoms with Crippen molar-refractivity contribution in [3.63, 3.8) is 0 Å². The molecule has 24 heavy (non-hydrogen) atoms. The average molecular weight is 326 g/mol. The van der Waals surface area contributed by atoms with Crippen molar-refractivity contribution in [3.05, 3.63) is 41.6 Å². The lowest BCUT2D eigenvalue weighted by Gasteiger charge is -2.18. The number of rotatable bonds is 7. The summed E-state index contributed by atoms with van der Waals surface area (Å²) in [7, 11) is 1.87. The van der Waals surface area contributed by atoms with E-state index >= 15 is 0 Å². The fourth-order valence-corrected chi connectivity index (χ4v) is 2.34. The Morgan fingerprint density at radius 2 is 2.04 bits per heavy atom. The molecule has 2 aromatic rings. The first-order chi connectivity index (χ1) is 11.3. The topological polar surface area (TPSA) is 90.9 Å². The van der Waals surface area contributed by atoms with Gasteiger partial charge in [0.25, 0.3) is 0 Å². The van der Waals surface area contributed by atoms with Crippen LogP contribution in [0.3, 0.4) is 0 Å². The minimum Gasteiger partial charge on any atom is -0.481 e. The number of hydrogen-bond acceptors (Lipinski definition) is 4. The van der Waals surface area contributed by atoms with E-state index in [0.717, 1.165) is 16.8 Å². The molecule has 1 aromatic heterocycles. The highest BCUT2D eigenvalue weighted by atomic mass is 16.4. The number of carbonyl (C=O) groups is 1. The number of carboxylic acids is 1. The molecule has 2 rings (SSSR count). The third-order valence-electron chi connectivity index (χ3n) is 4.01. The van der Waals surface area contributed by atoms with Gasteiger partial charge in [0.2, 0.25) is 0 Å². The molecule has 0 saturated heterocycles. The fourth-order valence-electron chi connectivity index (χ4n) is 2.34. The molecule has 0 amide bonds. The Morgan fingerprint density at radius 3 is 2.62 bits per heavy atom. The molecule has 0 aliphatic carbocycles. The van der Waals surface area contributed by atoms with E-state index in [1.165, 1.54) is 0 Å². The first kappa shape index (κ1) is 17.7. The van der Waals surface area contributed by atoms with Crippen molar-refractivity contribution in [1.82, 2.24) is 15.1 Å². The molecule has 126 valence electrons. The lowest BCUT2D eigenvalue weighted by atomic mass is 9.90. The van der Waals surface area contributed by atoms with Gasteiger partial charge in [0.1, 0.15) is 0 Å². The van der Waals surface area contributed by atoms with E-state index in [1.807, 2.05) is 25.4 Å². The molecule has 0 unspecified atom stereocenters. The van der Waals surface area contributed by atoms with Crippen LogP contribution in [0, 0.1) is 16.7 Å². The van der Waals surface area contributed by atoms with Crippen LogP contribution in [0.5, 0.6) is 0 Å². The van der Waals surface area contributed by atoms with Gasteiger partial charge in [-0.3, -0.25) is 9.48 Å². The predicted molar refractivity (Wildman–Crippen MR) is 91.1 cm³/mol. The smallest absolute Gasteiger partial charge is 0.309 e. The molecule has 0 atom stereocenters. The molecule has 0 aliphatic rings. The molecular weight excluding hydrogens is 304 g/mol. The van der Waals surface area contributed by atoms with Crippen molar-refractivity contribution in [3.8, 4) is 17.3 Å². The average Bonchev–Trinajstić information content (AvgIpc) is 2.92. The highest BCUT2D eigenvalue weighted by molar-refractivity contribution is 5.73. The Bertz CT molecular complexity index is 754. The number of nitrogens with zero attached hydrogens (tertiary/aromatic N) is 3. The summed E-state index contributed by atoms with van der Waals surface area (Å²) in [5, 5.41) is 25.8. The van der Waals surface area contributed by atoms with Crippen LogP contribution in [0.2, 0.25) is 0 Å². The van der Waals surface area contributed by atoms with Crippen LogP contribution in [0.1, 0.15) is 31.4 Å². The van der Waals surface area contributed by atoms with Gasteiger partial charge in [-0.25, -0.2) is 0 Å². The summed E-state index contributed by atoms with van der Waals surface area (Å²) in [6.07, 6.45) is 2.50. The Kier molecular flexibility index (Phi) is 5.37. The van der Waals surface area contributed by atoms with Gasteiger partial charge in [0.05, 0.1) is 22.7 Å². The van der Waals surface area contributed by atoms with Gasteiger partial charge in [0.15, 0.2) is 0 Å². The first-order valence-corrected chi connectivity index (χ1v) is 7.80. The van der Waals surface area contributed by atoms with Crippen LogP contribution in [-0.4, -0.2) is 27.4 Å². The van der Waals surface area contributed by atoms with Gasteiger partial charge in [0, 0.05) is 30.9 Å². The molecule has 6 nitrogen and oxygen atoms in total. The van der Waals surface area contributed by atoms with Gasteiger partial charge >= 0.3 is 5.97 Å². The molecule has 0 spiro atoms. The van der Waals surface area contributed by atoms with Gasteiger partial charge in [-0.1, -0.05) is 12.1 Å². The Balaban J connectivity index is 2.04. The van der Waals surface area contributed by atoms with E-state index < -0.39 is 11.4 Å². The van der Waals surface area contributed by atoms with Crippen LogP contribution >= 0.6 is 0 Å². The molecule has 2 N–H and O–H groups in total. The maximum Gasteiger partial charge on any atom is 0.309 e. The van der Waals surface area contributed by atoms with E-state index in [9.17, 15) is 4.79 Å². The monoisotopic (exact) mass is 326 g/mol. The normalized spacial score (nSPS) is 11.2. The summed E-state index contributed by atoms with van der Waals surface area (Å²) >= 11 is 0. The van der Waals surface area contributed by atoms with Crippen molar-refractivity contribution in [2.24, 2.45) is 12.5 Å². The van der Waals surface area contributed by atoms with Crippen LogP contribution in [0.4, 0.5) is 0 Å². The van der Waals surface area contributed by atoms with Crippen LogP contribution in [-0.2, 0) is 18.4 Å². The summed E-state index contributed by atoms with van der Waals surface area (Å²) in [5.41, 5.74) is 2.74. The molecule has 0 aliphatic heterocycles. The first-order valence-electron chi connectivity index (χ1n) is 7.80. The van der Waals surface area contributed by atoms with Crippen LogP contribution in [0.25, 0.3) is 11.3 Å². The van der Waals surface area contributed by atoms with Gasteiger partial charge < -0.3 is 10.4 Å². The number of aliphatic carboxylic acids is 1. The summed E-state index contributed by atoms with van der Waals surface area (Å²) in [6.45, 7) is 4.67. The zero-order chi connectivity index (χ0) is 17.7. The summed E-state index contributed by atoms with van der Waals surface area (Å²) in [6, 6.07) is 9.43. The third kappa shape index (κ3) is 4.21. The Hall–Kier alpha value is -2.65. The van der Waals surface area contributed by atoms with Gasteiger partial charge in [-0.2, -0.15) is 10.4 Å². The van der Waals surface area contributed by atoms with Crippen molar-refractivity contribution >= 4 is 5.97 Å². The van der Waals surface area contributed by atoms with Crippen LogP contribution < -0.4 is 5.32 Å². The molecular formula is C18H22N4O2. The second-order valence-corrected chi connectivity index (χ2v) is 6.48. The molecule has 1 aromatic carbocycles. The zero-order valence-corrected chi connectivity index (χ0v) is 14.2. The standard InChI is InChI=1S/C18H22N4O2/c1-18(2,17(23)24)8-9-20-11-15-12-22(3)21-16(15)14-6-4-13(10-19)5-7-14/h4-7,12,20H,8-9,11H2,1-3H3,(H,23,24). The van der Waals surface area contributed by atoms with E-state index in [2.05, 4.69) is 16.5 Å². The van der Waals surface area contributed by atoms with E-state index in [1.54, 1.807) is 30.7 Å². The number of nitrogens with one attached hydrogen (secondary N) is 1. The SMILES string of the molecule is Cn1cc(CNCCC(C)(C)C(=O)O)c(-c2ccc(C#N)cc2)n1. The van der Waals surface area contributed by atoms with Crippen molar-refractivity contribution in [1.29, 1.82) is 5.26 Å². The largest absolute Gasteiger partial charge is 0.481 e. The predicted octanol–water partition coefficient (Wildman–Crippen LogP) is 2.55. The fraction of sp³-hybridized carbons (Fsp3) is 0.389.